The number of aryl methyl sites for hydroxylation is 1. The van der Waals surface area contributed by atoms with E-state index in [9.17, 15) is 19.7 Å². The van der Waals surface area contributed by atoms with Crippen LogP contribution in [-0.4, -0.2) is 36.6 Å². The Balaban J connectivity index is 1.67. The molecule has 0 unspecified atom stereocenters. The topological polar surface area (TPSA) is 117 Å². The molecular formula is C22H24N2O7. The Hall–Kier alpha value is -3.62. The minimum absolute atomic E-state index is 0.0417. The summed E-state index contributed by atoms with van der Waals surface area (Å²) in [6.07, 6.45) is 0. The number of carbonyl (C=O) groups is 2. The van der Waals surface area contributed by atoms with E-state index in [2.05, 4.69) is 5.32 Å². The van der Waals surface area contributed by atoms with E-state index in [1.165, 1.54) is 25.1 Å². The lowest BCUT2D eigenvalue weighted by atomic mass is 9.95. The Labute approximate surface area is 179 Å². The summed E-state index contributed by atoms with van der Waals surface area (Å²) < 4.78 is 16.2. The Morgan fingerprint density at radius 3 is 2.55 bits per heavy atom. The van der Waals surface area contributed by atoms with Gasteiger partial charge < -0.3 is 19.5 Å². The first-order valence-corrected chi connectivity index (χ1v) is 9.88. The van der Waals surface area contributed by atoms with Crippen molar-refractivity contribution in [2.75, 3.05) is 19.8 Å². The van der Waals surface area contributed by atoms with Crippen LogP contribution in [0.5, 0.6) is 11.5 Å². The van der Waals surface area contributed by atoms with Crippen LogP contribution in [0.15, 0.2) is 36.4 Å². The molecule has 2 aromatic rings. The molecule has 9 nitrogen and oxygen atoms in total. The third kappa shape index (κ3) is 5.11. The number of nitrogens with zero attached hydrogens (tertiary/aromatic N) is 1. The lowest BCUT2D eigenvalue weighted by Gasteiger charge is -2.25. The van der Waals surface area contributed by atoms with E-state index in [0.717, 1.165) is 5.56 Å². The lowest BCUT2D eigenvalue weighted by Crippen LogP contribution is -2.35. The fourth-order valence-electron chi connectivity index (χ4n) is 3.38. The van der Waals surface area contributed by atoms with Gasteiger partial charge in [-0.1, -0.05) is 32.0 Å². The van der Waals surface area contributed by atoms with E-state index < -0.39 is 23.4 Å². The van der Waals surface area contributed by atoms with Crippen molar-refractivity contribution in [2.45, 2.75) is 26.8 Å². The van der Waals surface area contributed by atoms with Crippen molar-refractivity contribution in [3.05, 3.63) is 63.2 Å². The van der Waals surface area contributed by atoms with Crippen LogP contribution in [0.2, 0.25) is 0 Å². The first-order valence-electron chi connectivity index (χ1n) is 9.88. The van der Waals surface area contributed by atoms with Crippen LogP contribution in [-0.2, 0) is 9.53 Å². The van der Waals surface area contributed by atoms with E-state index >= 15 is 0 Å². The molecular weight excluding hydrogens is 404 g/mol. The molecule has 1 aliphatic rings. The monoisotopic (exact) mass is 428 g/mol. The number of fused-ring (bicyclic) bond motifs is 1. The number of rotatable bonds is 7. The first kappa shape index (κ1) is 22.1. The molecule has 0 saturated heterocycles. The molecule has 3 rings (SSSR count). The zero-order chi connectivity index (χ0) is 22.5. The zero-order valence-electron chi connectivity index (χ0n) is 17.5. The van der Waals surface area contributed by atoms with Crippen LogP contribution < -0.4 is 14.8 Å². The van der Waals surface area contributed by atoms with Gasteiger partial charge in [0, 0.05) is 5.56 Å². The average molecular weight is 428 g/mol. The van der Waals surface area contributed by atoms with Crippen molar-refractivity contribution in [1.29, 1.82) is 0 Å². The summed E-state index contributed by atoms with van der Waals surface area (Å²) in [5.74, 6) is -0.136. The predicted molar refractivity (Wildman–Crippen MR) is 111 cm³/mol. The summed E-state index contributed by atoms with van der Waals surface area (Å²) in [7, 11) is 0. The van der Waals surface area contributed by atoms with Gasteiger partial charge in [0.1, 0.15) is 18.8 Å². The van der Waals surface area contributed by atoms with Crippen molar-refractivity contribution in [2.24, 2.45) is 5.92 Å². The van der Waals surface area contributed by atoms with Crippen LogP contribution >= 0.6 is 0 Å². The highest BCUT2D eigenvalue weighted by atomic mass is 16.6. The maximum atomic E-state index is 12.5. The van der Waals surface area contributed by atoms with Crippen molar-refractivity contribution < 1.29 is 28.7 Å². The van der Waals surface area contributed by atoms with Crippen LogP contribution in [0.3, 0.4) is 0 Å². The number of para-hydroxylation sites is 1. The number of amides is 1. The molecule has 1 amide bonds. The summed E-state index contributed by atoms with van der Waals surface area (Å²) in [4.78, 5) is 35.4. The molecule has 0 fully saturated rings. The van der Waals surface area contributed by atoms with E-state index in [-0.39, 0.29) is 23.2 Å². The second kappa shape index (κ2) is 9.46. The highest BCUT2D eigenvalue weighted by Crippen LogP contribution is 2.34. The highest BCUT2D eigenvalue weighted by Gasteiger charge is 2.25. The number of hydrogen-bond acceptors (Lipinski definition) is 7. The molecule has 0 bridgehead atoms. The number of benzene rings is 2. The van der Waals surface area contributed by atoms with Gasteiger partial charge in [-0.05, 0) is 36.6 Å². The number of ether oxygens (including phenoxy) is 3. The Morgan fingerprint density at radius 2 is 1.87 bits per heavy atom. The fourth-order valence-corrected chi connectivity index (χ4v) is 3.38. The second-order valence-corrected chi connectivity index (χ2v) is 7.50. The minimum atomic E-state index is -0.925. The minimum Gasteiger partial charge on any atom is -0.486 e. The SMILES string of the molecule is Cc1cccc(C(=O)OCC(=O)N[C@H](c2ccc3c(c2)OCCO3)C(C)C)c1[N+](=O)[O-]. The van der Waals surface area contributed by atoms with E-state index in [1.807, 2.05) is 26.0 Å². The second-order valence-electron chi connectivity index (χ2n) is 7.50. The van der Waals surface area contributed by atoms with Crippen molar-refractivity contribution in [3.8, 4) is 11.5 Å². The first-order chi connectivity index (χ1) is 14.8. The van der Waals surface area contributed by atoms with Crippen molar-refractivity contribution >= 4 is 17.6 Å². The molecule has 1 atom stereocenters. The maximum absolute atomic E-state index is 12.5. The van der Waals surface area contributed by atoms with Gasteiger partial charge in [-0.15, -0.1) is 0 Å². The smallest absolute Gasteiger partial charge is 0.345 e. The van der Waals surface area contributed by atoms with Gasteiger partial charge >= 0.3 is 5.97 Å². The van der Waals surface area contributed by atoms with Gasteiger partial charge in [0.25, 0.3) is 11.6 Å². The number of esters is 1. The zero-order valence-corrected chi connectivity index (χ0v) is 17.5. The number of nitrogens with one attached hydrogen (secondary N) is 1. The van der Waals surface area contributed by atoms with Crippen LogP contribution in [0.4, 0.5) is 5.69 Å². The maximum Gasteiger partial charge on any atom is 0.345 e. The van der Waals surface area contributed by atoms with Crippen LogP contribution in [0.1, 0.15) is 41.4 Å². The van der Waals surface area contributed by atoms with Gasteiger partial charge in [0.2, 0.25) is 0 Å². The summed E-state index contributed by atoms with van der Waals surface area (Å²) in [6.45, 7) is 5.81. The number of nitro benzene ring substituents is 1. The normalized spacial score (nSPS) is 13.4. The quantitative estimate of drug-likeness (QED) is 0.408. The van der Waals surface area contributed by atoms with E-state index in [4.69, 9.17) is 14.2 Å². The van der Waals surface area contributed by atoms with Gasteiger partial charge in [-0.25, -0.2) is 4.79 Å². The fraction of sp³-hybridized carbons (Fsp3) is 0.364. The Kier molecular flexibility index (Phi) is 6.74. The molecule has 1 aliphatic heterocycles. The standard InChI is InChI=1S/C22H24N2O7/c1-13(2)20(15-7-8-17-18(11-15)30-10-9-29-17)23-19(25)12-31-22(26)16-6-4-5-14(3)21(16)24(27)28/h4-8,11,13,20H,9-10,12H2,1-3H3,(H,23,25)/t20-/m0/s1. The van der Waals surface area contributed by atoms with E-state index in [1.54, 1.807) is 6.07 Å². The third-order valence-corrected chi connectivity index (χ3v) is 4.88. The van der Waals surface area contributed by atoms with Crippen molar-refractivity contribution in [1.82, 2.24) is 5.32 Å². The average Bonchev–Trinajstić information content (AvgIpc) is 2.74. The van der Waals surface area contributed by atoms with Crippen LogP contribution in [0.25, 0.3) is 0 Å². The van der Waals surface area contributed by atoms with Crippen molar-refractivity contribution in [3.63, 3.8) is 0 Å². The highest BCUT2D eigenvalue weighted by molar-refractivity contribution is 5.95. The van der Waals surface area contributed by atoms with Gasteiger partial charge in [-0.2, -0.15) is 0 Å². The van der Waals surface area contributed by atoms with E-state index in [0.29, 0.717) is 30.3 Å². The molecule has 164 valence electrons. The molecule has 0 aromatic heterocycles. The number of carbonyl (C=O) groups excluding carboxylic acids is 2. The molecule has 2 aromatic carbocycles. The Morgan fingerprint density at radius 1 is 1.16 bits per heavy atom. The molecule has 9 heteroatoms. The van der Waals surface area contributed by atoms with Gasteiger partial charge in [0.05, 0.1) is 11.0 Å². The van der Waals surface area contributed by atoms with Gasteiger partial charge in [0.15, 0.2) is 18.1 Å². The molecule has 1 heterocycles. The van der Waals surface area contributed by atoms with Gasteiger partial charge in [-0.3, -0.25) is 14.9 Å². The summed E-state index contributed by atoms with van der Waals surface area (Å²) >= 11 is 0. The molecule has 0 radical (unpaired) electrons. The van der Waals surface area contributed by atoms with Crippen LogP contribution in [0, 0.1) is 23.0 Å². The molecule has 1 N–H and O–H groups in total. The summed E-state index contributed by atoms with van der Waals surface area (Å²) in [5.41, 5.74) is 0.643. The number of hydrogen-bond donors (Lipinski definition) is 1. The molecule has 0 aliphatic carbocycles. The molecule has 31 heavy (non-hydrogen) atoms. The Bertz CT molecular complexity index is 1000. The molecule has 0 saturated carbocycles. The summed E-state index contributed by atoms with van der Waals surface area (Å²) in [5, 5.41) is 14.1. The summed E-state index contributed by atoms with van der Waals surface area (Å²) in [6, 6.07) is 9.47. The number of nitro groups is 1. The third-order valence-electron chi connectivity index (χ3n) is 4.88. The largest absolute Gasteiger partial charge is 0.486 e. The predicted octanol–water partition coefficient (Wildman–Crippen LogP) is 3.34. The lowest BCUT2D eigenvalue weighted by molar-refractivity contribution is -0.385. The molecule has 0 spiro atoms.